The first-order valence-electron chi connectivity index (χ1n) is 9.75. The summed E-state index contributed by atoms with van der Waals surface area (Å²) >= 11 is 0. The molecule has 160 valence electrons. The lowest BCUT2D eigenvalue weighted by Gasteiger charge is -2.19. The van der Waals surface area contributed by atoms with Crippen molar-refractivity contribution < 1.29 is 23.8 Å². The number of carbonyl (C=O) groups excluding carboxylic acids is 2. The maximum atomic E-state index is 12.2. The number of fused-ring (bicyclic) bond motifs is 1. The average molecular weight is 423 g/mol. The van der Waals surface area contributed by atoms with E-state index in [0.717, 1.165) is 11.0 Å². The van der Waals surface area contributed by atoms with Crippen LogP contribution in [0.5, 0.6) is 11.5 Å². The van der Waals surface area contributed by atoms with E-state index in [1.165, 1.54) is 18.9 Å². The predicted octanol–water partition coefficient (Wildman–Crippen LogP) is 2.32. The third-order valence-electron chi connectivity index (χ3n) is 4.55. The van der Waals surface area contributed by atoms with Gasteiger partial charge in [-0.25, -0.2) is 4.68 Å². The molecule has 3 aromatic rings. The molecule has 0 radical (unpaired) electrons. The SMILES string of the molecule is CCOc1cccc(C2=NN(C(C)=O)C(Cn3nnc4ccccc43)O2)c1OC(C)=O. The van der Waals surface area contributed by atoms with E-state index in [9.17, 15) is 9.59 Å². The number of hydrogen-bond donors (Lipinski definition) is 0. The zero-order valence-corrected chi connectivity index (χ0v) is 17.3. The third kappa shape index (κ3) is 4.04. The van der Waals surface area contributed by atoms with Crippen LogP contribution in [0.15, 0.2) is 47.6 Å². The number of para-hydroxylation sites is 2. The Balaban J connectivity index is 1.67. The zero-order chi connectivity index (χ0) is 22.0. The standard InChI is InChI=1S/C21H21N5O5/c1-4-29-18-11-7-8-15(20(18)30-14(3)28)21-23-26(13(2)27)19(31-21)12-25-17-10-6-5-9-16(17)22-24-25/h5-11,19H,4,12H2,1-3H3. The summed E-state index contributed by atoms with van der Waals surface area (Å²) in [5, 5.41) is 13.9. The molecule has 10 heteroatoms. The Morgan fingerprint density at radius 3 is 2.68 bits per heavy atom. The molecule has 0 bridgehead atoms. The van der Waals surface area contributed by atoms with Crippen molar-refractivity contribution in [1.29, 1.82) is 0 Å². The quantitative estimate of drug-likeness (QED) is 0.442. The van der Waals surface area contributed by atoms with Crippen LogP contribution in [0.4, 0.5) is 0 Å². The monoisotopic (exact) mass is 423 g/mol. The average Bonchev–Trinajstić information content (AvgIpc) is 3.34. The van der Waals surface area contributed by atoms with Crippen LogP contribution in [-0.2, 0) is 20.9 Å². The molecular formula is C21H21N5O5. The fourth-order valence-electron chi connectivity index (χ4n) is 3.27. The zero-order valence-electron chi connectivity index (χ0n) is 17.3. The van der Waals surface area contributed by atoms with Gasteiger partial charge in [-0.3, -0.25) is 9.59 Å². The number of esters is 1. The van der Waals surface area contributed by atoms with E-state index < -0.39 is 12.2 Å². The maximum absolute atomic E-state index is 12.2. The number of aromatic nitrogens is 3. The Morgan fingerprint density at radius 1 is 1.13 bits per heavy atom. The molecule has 10 nitrogen and oxygen atoms in total. The summed E-state index contributed by atoms with van der Waals surface area (Å²) in [4.78, 5) is 23.9. The summed E-state index contributed by atoms with van der Waals surface area (Å²) in [5.41, 5.74) is 1.94. The van der Waals surface area contributed by atoms with E-state index in [-0.39, 0.29) is 24.1 Å². The lowest BCUT2D eigenvalue weighted by Crippen LogP contribution is -2.35. The van der Waals surface area contributed by atoms with Crippen LogP contribution in [-0.4, -0.2) is 50.6 Å². The minimum absolute atomic E-state index is 0.141. The molecule has 0 N–H and O–H groups in total. The Hall–Kier alpha value is -3.95. The molecule has 0 saturated carbocycles. The van der Waals surface area contributed by atoms with Crippen LogP contribution < -0.4 is 9.47 Å². The van der Waals surface area contributed by atoms with E-state index in [1.54, 1.807) is 22.9 Å². The minimum Gasteiger partial charge on any atom is -0.490 e. The molecule has 2 aromatic carbocycles. The van der Waals surface area contributed by atoms with Crippen molar-refractivity contribution in [1.82, 2.24) is 20.0 Å². The van der Waals surface area contributed by atoms with Gasteiger partial charge in [0.15, 0.2) is 11.5 Å². The van der Waals surface area contributed by atoms with Crippen molar-refractivity contribution in [3.63, 3.8) is 0 Å². The van der Waals surface area contributed by atoms with Crippen molar-refractivity contribution >= 4 is 28.8 Å². The van der Waals surface area contributed by atoms with E-state index in [1.807, 2.05) is 31.2 Å². The minimum atomic E-state index is -0.751. The highest BCUT2D eigenvalue weighted by Crippen LogP contribution is 2.34. The molecule has 1 aliphatic heterocycles. The first-order chi connectivity index (χ1) is 15.0. The maximum Gasteiger partial charge on any atom is 0.308 e. The normalized spacial score (nSPS) is 15.5. The predicted molar refractivity (Wildman–Crippen MR) is 110 cm³/mol. The number of amides is 1. The molecule has 1 atom stereocenters. The highest BCUT2D eigenvalue weighted by Gasteiger charge is 2.34. The Kier molecular flexibility index (Phi) is 5.52. The van der Waals surface area contributed by atoms with Crippen molar-refractivity contribution in [3.05, 3.63) is 48.0 Å². The largest absolute Gasteiger partial charge is 0.490 e. The number of hydrazone groups is 1. The molecule has 0 fully saturated rings. The highest BCUT2D eigenvalue weighted by atomic mass is 16.6. The fraction of sp³-hybridized carbons (Fsp3) is 0.286. The molecule has 0 spiro atoms. The summed E-state index contributed by atoms with van der Waals surface area (Å²) < 4.78 is 18.6. The molecule has 0 aliphatic carbocycles. The van der Waals surface area contributed by atoms with Gasteiger partial charge in [-0.2, -0.15) is 5.01 Å². The summed E-state index contributed by atoms with van der Waals surface area (Å²) in [6.45, 7) is 5.10. The van der Waals surface area contributed by atoms with Gasteiger partial charge >= 0.3 is 5.97 Å². The molecule has 4 rings (SSSR count). The Bertz CT molecular complexity index is 1170. The number of nitrogens with zero attached hydrogens (tertiary/aromatic N) is 5. The molecule has 1 aliphatic rings. The topological polar surface area (TPSA) is 108 Å². The number of carbonyl (C=O) groups is 2. The van der Waals surface area contributed by atoms with Crippen LogP contribution >= 0.6 is 0 Å². The number of ether oxygens (including phenoxy) is 3. The van der Waals surface area contributed by atoms with Gasteiger partial charge < -0.3 is 14.2 Å². The van der Waals surface area contributed by atoms with Crippen LogP contribution in [0.1, 0.15) is 26.3 Å². The second kappa shape index (κ2) is 8.42. The van der Waals surface area contributed by atoms with Crippen LogP contribution in [0.3, 0.4) is 0 Å². The van der Waals surface area contributed by atoms with E-state index in [2.05, 4.69) is 15.4 Å². The molecule has 2 heterocycles. The summed E-state index contributed by atoms with van der Waals surface area (Å²) in [7, 11) is 0. The number of hydrogen-bond acceptors (Lipinski definition) is 8. The number of rotatable bonds is 6. The lowest BCUT2D eigenvalue weighted by atomic mass is 10.2. The molecule has 1 amide bonds. The van der Waals surface area contributed by atoms with Crippen molar-refractivity contribution in [2.45, 2.75) is 33.5 Å². The van der Waals surface area contributed by atoms with Crippen molar-refractivity contribution in [2.24, 2.45) is 5.10 Å². The van der Waals surface area contributed by atoms with Crippen LogP contribution in [0, 0.1) is 0 Å². The summed E-state index contributed by atoms with van der Waals surface area (Å²) in [5.74, 6) is -0.115. The van der Waals surface area contributed by atoms with E-state index >= 15 is 0 Å². The van der Waals surface area contributed by atoms with Gasteiger partial charge in [-0.05, 0) is 31.2 Å². The second-order valence-corrected chi connectivity index (χ2v) is 6.76. The van der Waals surface area contributed by atoms with Gasteiger partial charge in [0.05, 0.1) is 17.7 Å². The van der Waals surface area contributed by atoms with Crippen LogP contribution in [0.25, 0.3) is 11.0 Å². The van der Waals surface area contributed by atoms with Crippen molar-refractivity contribution in [3.8, 4) is 11.5 Å². The van der Waals surface area contributed by atoms with Gasteiger partial charge in [-0.15, -0.1) is 10.2 Å². The van der Waals surface area contributed by atoms with Gasteiger partial charge in [0.1, 0.15) is 12.1 Å². The molecule has 1 unspecified atom stereocenters. The molecule has 1 aromatic heterocycles. The van der Waals surface area contributed by atoms with Gasteiger partial charge in [0.25, 0.3) is 0 Å². The van der Waals surface area contributed by atoms with Gasteiger partial charge in [0.2, 0.25) is 18.0 Å². The Morgan fingerprint density at radius 2 is 1.94 bits per heavy atom. The second-order valence-electron chi connectivity index (χ2n) is 6.76. The summed E-state index contributed by atoms with van der Waals surface area (Å²) in [6.07, 6.45) is -0.751. The molecule has 31 heavy (non-hydrogen) atoms. The lowest BCUT2D eigenvalue weighted by molar-refractivity contribution is -0.135. The van der Waals surface area contributed by atoms with Crippen molar-refractivity contribution in [2.75, 3.05) is 6.61 Å². The first kappa shape index (κ1) is 20.3. The number of benzene rings is 2. The van der Waals surface area contributed by atoms with Gasteiger partial charge in [-0.1, -0.05) is 23.4 Å². The van der Waals surface area contributed by atoms with E-state index in [0.29, 0.717) is 17.9 Å². The smallest absolute Gasteiger partial charge is 0.308 e. The van der Waals surface area contributed by atoms with Crippen LogP contribution in [0.2, 0.25) is 0 Å². The molecular weight excluding hydrogens is 402 g/mol. The van der Waals surface area contributed by atoms with E-state index in [4.69, 9.17) is 14.2 Å². The first-order valence-corrected chi connectivity index (χ1v) is 9.75. The highest BCUT2D eigenvalue weighted by molar-refractivity contribution is 6.00. The fourth-order valence-corrected chi connectivity index (χ4v) is 3.27. The summed E-state index contributed by atoms with van der Waals surface area (Å²) in [6, 6.07) is 12.6. The molecule has 0 saturated heterocycles. The van der Waals surface area contributed by atoms with Gasteiger partial charge in [0, 0.05) is 13.8 Å². The Labute approximate surface area is 178 Å². The third-order valence-corrected chi connectivity index (χ3v) is 4.55.